The van der Waals surface area contributed by atoms with Gasteiger partial charge in [0.25, 0.3) is 0 Å². The highest BCUT2D eigenvalue weighted by atomic mass is 15.3. The second-order valence-corrected chi connectivity index (χ2v) is 5.69. The highest BCUT2D eigenvalue weighted by Gasteiger charge is 2.15. The first kappa shape index (κ1) is 13.8. The lowest BCUT2D eigenvalue weighted by Gasteiger charge is -2.15. The minimum Gasteiger partial charge on any atom is -0.324 e. The van der Waals surface area contributed by atoms with Crippen molar-refractivity contribution in [3.05, 3.63) is 64.8 Å². The minimum absolute atomic E-state index is 0.0248. The number of hydrogen-bond acceptors (Lipinski definition) is 2. The SMILES string of the molecule is Cc1cccc(C(N)Cc2nn(C)c3ccccc23)c1C. The van der Waals surface area contributed by atoms with E-state index >= 15 is 0 Å². The molecule has 3 aromatic rings. The van der Waals surface area contributed by atoms with Crippen LogP contribution in [-0.4, -0.2) is 9.78 Å². The molecule has 1 aromatic heterocycles. The van der Waals surface area contributed by atoms with Gasteiger partial charge in [-0.3, -0.25) is 4.68 Å². The molecule has 0 saturated carbocycles. The fourth-order valence-corrected chi connectivity index (χ4v) is 2.93. The Morgan fingerprint density at radius 1 is 1.10 bits per heavy atom. The summed E-state index contributed by atoms with van der Waals surface area (Å²) in [5, 5.41) is 5.84. The molecule has 0 saturated heterocycles. The van der Waals surface area contributed by atoms with Gasteiger partial charge in [-0.05, 0) is 36.6 Å². The zero-order valence-electron chi connectivity index (χ0n) is 12.8. The van der Waals surface area contributed by atoms with Gasteiger partial charge >= 0.3 is 0 Å². The molecule has 1 atom stereocenters. The molecule has 0 fully saturated rings. The highest BCUT2D eigenvalue weighted by Crippen LogP contribution is 2.25. The van der Waals surface area contributed by atoms with Crippen molar-refractivity contribution >= 4 is 10.9 Å². The van der Waals surface area contributed by atoms with E-state index in [-0.39, 0.29) is 6.04 Å². The molecule has 3 rings (SSSR count). The predicted molar refractivity (Wildman–Crippen MR) is 87.3 cm³/mol. The first-order valence-corrected chi connectivity index (χ1v) is 7.30. The number of para-hydroxylation sites is 1. The Morgan fingerprint density at radius 2 is 1.86 bits per heavy atom. The normalized spacial score (nSPS) is 12.8. The Balaban J connectivity index is 1.97. The van der Waals surface area contributed by atoms with E-state index in [2.05, 4.69) is 55.3 Å². The maximum Gasteiger partial charge on any atom is 0.0722 e. The fourth-order valence-electron chi connectivity index (χ4n) is 2.93. The summed E-state index contributed by atoms with van der Waals surface area (Å²) < 4.78 is 1.93. The van der Waals surface area contributed by atoms with Gasteiger partial charge in [-0.15, -0.1) is 0 Å². The van der Waals surface area contributed by atoms with Gasteiger partial charge in [0.15, 0.2) is 0 Å². The Morgan fingerprint density at radius 3 is 2.67 bits per heavy atom. The van der Waals surface area contributed by atoms with Gasteiger partial charge in [-0.2, -0.15) is 5.10 Å². The van der Waals surface area contributed by atoms with Gasteiger partial charge in [0, 0.05) is 24.9 Å². The van der Waals surface area contributed by atoms with E-state index in [1.165, 1.54) is 22.1 Å². The third kappa shape index (κ3) is 2.45. The molecule has 0 aliphatic heterocycles. The molecule has 108 valence electrons. The molecule has 2 N–H and O–H groups in total. The summed E-state index contributed by atoms with van der Waals surface area (Å²) >= 11 is 0. The summed E-state index contributed by atoms with van der Waals surface area (Å²) in [7, 11) is 1.98. The Kier molecular flexibility index (Phi) is 3.52. The van der Waals surface area contributed by atoms with Crippen molar-refractivity contribution < 1.29 is 0 Å². The van der Waals surface area contributed by atoms with Gasteiger partial charge < -0.3 is 5.73 Å². The molecular weight excluding hydrogens is 258 g/mol. The summed E-state index contributed by atoms with van der Waals surface area (Å²) in [4.78, 5) is 0. The van der Waals surface area contributed by atoms with Gasteiger partial charge in [0.05, 0.1) is 11.2 Å². The summed E-state index contributed by atoms with van der Waals surface area (Å²) in [6.45, 7) is 4.27. The monoisotopic (exact) mass is 279 g/mol. The van der Waals surface area contributed by atoms with Crippen LogP contribution in [-0.2, 0) is 13.5 Å². The van der Waals surface area contributed by atoms with E-state index in [4.69, 9.17) is 5.73 Å². The first-order chi connectivity index (χ1) is 10.1. The van der Waals surface area contributed by atoms with Crippen molar-refractivity contribution in [1.82, 2.24) is 9.78 Å². The molecule has 3 heteroatoms. The van der Waals surface area contributed by atoms with E-state index < -0.39 is 0 Å². The highest BCUT2D eigenvalue weighted by molar-refractivity contribution is 5.81. The quantitative estimate of drug-likeness (QED) is 0.798. The number of nitrogens with two attached hydrogens (primary N) is 1. The molecule has 21 heavy (non-hydrogen) atoms. The van der Waals surface area contributed by atoms with Crippen molar-refractivity contribution in [3.63, 3.8) is 0 Å². The van der Waals surface area contributed by atoms with Gasteiger partial charge in [-0.25, -0.2) is 0 Å². The summed E-state index contributed by atoms with van der Waals surface area (Å²) in [6, 6.07) is 14.6. The number of aryl methyl sites for hydroxylation is 2. The van der Waals surface area contributed by atoms with Crippen LogP contribution in [0.3, 0.4) is 0 Å². The predicted octanol–water partition coefficient (Wildman–Crippen LogP) is 3.43. The Labute approximate surface area is 125 Å². The average Bonchev–Trinajstić information content (AvgIpc) is 2.79. The molecule has 2 aromatic carbocycles. The summed E-state index contributed by atoms with van der Waals surface area (Å²) in [5.74, 6) is 0. The first-order valence-electron chi connectivity index (χ1n) is 7.30. The second-order valence-electron chi connectivity index (χ2n) is 5.69. The largest absolute Gasteiger partial charge is 0.324 e. The van der Waals surface area contributed by atoms with Crippen molar-refractivity contribution in [2.45, 2.75) is 26.3 Å². The zero-order chi connectivity index (χ0) is 15.0. The van der Waals surface area contributed by atoms with Crippen LogP contribution in [0.25, 0.3) is 10.9 Å². The number of benzene rings is 2. The lowest BCUT2D eigenvalue weighted by Crippen LogP contribution is -2.15. The number of hydrogen-bond donors (Lipinski definition) is 1. The molecule has 0 radical (unpaired) electrons. The fraction of sp³-hybridized carbons (Fsp3) is 0.278. The van der Waals surface area contributed by atoms with Crippen molar-refractivity contribution in [3.8, 4) is 0 Å². The third-order valence-electron chi connectivity index (χ3n) is 4.29. The van der Waals surface area contributed by atoms with Crippen LogP contribution >= 0.6 is 0 Å². The maximum atomic E-state index is 6.45. The number of nitrogens with zero attached hydrogens (tertiary/aromatic N) is 2. The lowest BCUT2D eigenvalue weighted by molar-refractivity contribution is 0.678. The molecule has 0 amide bonds. The van der Waals surface area contributed by atoms with Crippen molar-refractivity contribution in [2.75, 3.05) is 0 Å². The van der Waals surface area contributed by atoms with E-state index in [1.807, 2.05) is 17.8 Å². The Hall–Kier alpha value is -2.13. The standard InChI is InChI=1S/C18H21N3/c1-12-7-6-9-14(13(12)2)16(19)11-17-15-8-4-5-10-18(15)21(3)20-17/h4-10,16H,11,19H2,1-3H3. The van der Waals surface area contributed by atoms with Crippen LogP contribution in [0.2, 0.25) is 0 Å². The van der Waals surface area contributed by atoms with Crippen molar-refractivity contribution in [1.29, 1.82) is 0 Å². The van der Waals surface area contributed by atoms with Crippen LogP contribution in [0.5, 0.6) is 0 Å². The van der Waals surface area contributed by atoms with Crippen molar-refractivity contribution in [2.24, 2.45) is 12.8 Å². The molecule has 0 spiro atoms. The second kappa shape index (κ2) is 5.34. The third-order valence-corrected chi connectivity index (χ3v) is 4.29. The molecule has 1 heterocycles. The lowest BCUT2D eigenvalue weighted by atomic mass is 9.94. The van der Waals surface area contributed by atoms with E-state index in [9.17, 15) is 0 Å². The van der Waals surface area contributed by atoms with Gasteiger partial charge in [-0.1, -0.05) is 36.4 Å². The Bertz CT molecular complexity index is 786. The molecule has 0 aliphatic carbocycles. The van der Waals surface area contributed by atoms with Gasteiger partial charge in [0.1, 0.15) is 0 Å². The van der Waals surface area contributed by atoms with Crippen LogP contribution in [0.15, 0.2) is 42.5 Å². The summed E-state index contributed by atoms with van der Waals surface area (Å²) in [5.41, 5.74) is 12.5. The topological polar surface area (TPSA) is 43.8 Å². The maximum absolute atomic E-state index is 6.45. The summed E-state index contributed by atoms with van der Waals surface area (Å²) in [6.07, 6.45) is 0.756. The molecular formula is C18H21N3. The van der Waals surface area contributed by atoms with Crippen LogP contribution in [0.4, 0.5) is 0 Å². The van der Waals surface area contributed by atoms with Crippen LogP contribution < -0.4 is 5.73 Å². The smallest absolute Gasteiger partial charge is 0.0722 e. The molecule has 1 unspecified atom stereocenters. The van der Waals surface area contributed by atoms with Crippen LogP contribution in [0.1, 0.15) is 28.4 Å². The molecule has 0 bridgehead atoms. The minimum atomic E-state index is -0.0248. The molecule has 0 aliphatic rings. The van der Waals surface area contributed by atoms with E-state index in [0.29, 0.717) is 0 Å². The van der Waals surface area contributed by atoms with E-state index in [1.54, 1.807) is 0 Å². The van der Waals surface area contributed by atoms with Gasteiger partial charge in [0.2, 0.25) is 0 Å². The number of rotatable bonds is 3. The number of aromatic nitrogens is 2. The van der Waals surface area contributed by atoms with Crippen LogP contribution in [0, 0.1) is 13.8 Å². The molecule has 3 nitrogen and oxygen atoms in total. The average molecular weight is 279 g/mol. The zero-order valence-corrected chi connectivity index (χ0v) is 12.8. The van der Waals surface area contributed by atoms with E-state index in [0.717, 1.165) is 17.6 Å². The number of fused-ring (bicyclic) bond motifs is 1.